The van der Waals surface area contributed by atoms with E-state index in [1.54, 1.807) is 30.5 Å². The Morgan fingerprint density at radius 3 is 2.69 bits per heavy atom. The molecule has 3 atom stereocenters. The predicted molar refractivity (Wildman–Crippen MR) is 205 cm³/mol. The maximum Gasteiger partial charge on any atom is 0.354 e. The van der Waals surface area contributed by atoms with Crippen LogP contribution < -0.4 is 22.9 Å². The zero-order chi connectivity index (χ0) is 36.9. The van der Waals surface area contributed by atoms with Crippen LogP contribution >= 0.6 is 23.4 Å². The van der Waals surface area contributed by atoms with Gasteiger partial charge < -0.3 is 22.2 Å². The number of H-pyrrole nitrogens is 1. The second kappa shape index (κ2) is 17.2. The van der Waals surface area contributed by atoms with Crippen LogP contribution in [0.3, 0.4) is 0 Å². The highest BCUT2D eigenvalue weighted by atomic mass is 35.5. The zero-order valence-electron chi connectivity index (χ0n) is 29.5. The second-order valence-electron chi connectivity index (χ2n) is 14.0. The number of alkyl halides is 1. The number of piperidine rings is 1. The Balaban J connectivity index is 1.28. The summed E-state index contributed by atoms with van der Waals surface area (Å²) in [6.45, 7) is 0.687. The van der Waals surface area contributed by atoms with E-state index in [-0.39, 0.29) is 40.9 Å². The molecule has 6 rings (SSSR count). The van der Waals surface area contributed by atoms with Crippen LogP contribution in [0.4, 0.5) is 13.2 Å². The number of nitrogens with one attached hydrogen (secondary N) is 1. The Labute approximate surface area is 311 Å². The number of aliphatic imine (C=N–C) groups is 1. The van der Waals surface area contributed by atoms with E-state index in [1.807, 2.05) is 6.26 Å². The van der Waals surface area contributed by atoms with Gasteiger partial charge in [-0.25, -0.2) is 13.6 Å². The average molecular weight is 757 g/mol. The summed E-state index contributed by atoms with van der Waals surface area (Å²) in [6.07, 6.45) is 11.9. The van der Waals surface area contributed by atoms with Crippen molar-refractivity contribution >= 4 is 40.2 Å². The summed E-state index contributed by atoms with van der Waals surface area (Å²) >= 11 is 7.73. The normalized spacial score (nSPS) is 19.1. The molecule has 280 valence electrons. The van der Waals surface area contributed by atoms with Crippen molar-refractivity contribution in [3.63, 3.8) is 0 Å². The van der Waals surface area contributed by atoms with Crippen LogP contribution in [0, 0.1) is 17.6 Å². The number of amidine groups is 1. The van der Waals surface area contributed by atoms with Crippen LogP contribution in [0.1, 0.15) is 75.0 Å². The molecule has 1 aliphatic heterocycles. The third-order valence-corrected chi connectivity index (χ3v) is 11.5. The van der Waals surface area contributed by atoms with Crippen LogP contribution in [0.25, 0.3) is 28.0 Å². The third kappa shape index (κ3) is 8.71. The highest BCUT2D eigenvalue weighted by molar-refractivity contribution is 7.98. The number of likely N-dealkylation sites (tertiary alicyclic amines) is 1. The predicted octanol–water partition coefficient (Wildman–Crippen LogP) is 7.06. The molecular formula is C38H48ClF3N8OS. The van der Waals surface area contributed by atoms with E-state index in [0.717, 1.165) is 37.7 Å². The number of nitrogens with zero attached hydrogens (tertiary/aromatic N) is 4. The second-order valence-corrected chi connectivity index (χ2v) is 15.3. The fourth-order valence-corrected chi connectivity index (χ4v) is 8.51. The third-order valence-electron chi connectivity index (χ3n) is 10.4. The Morgan fingerprint density at radius 1 is 1.15 bits per heavy atom. The summed E-state index contributed by atoms with van der Waals surface area (Å²) in [5.74, 6) is -0.0126. The number of fused-ring (bicyclic) bond motifs is 1. The van der Waals surface area contributed by atoms with Crippen molar-refractivity contribution in [2.45, 2.75) is 87.2 Å². The number of hydrogen-bond donors (Lipinski definition) is 4. The maximum atomic E-state index is 16.4. The van der Waals surface area contributed by atoms with Gasteiger partial charge in [0, 0.05) is 58.8 Å². The quantitative estimate of drug-likeness (QED) is 0.0545. The molecule has 1 saturated carbocycles. The van der Waals surface area contributed by atoms with E-state index in [1.165, 1.54) is 35.2 Å². The van der Waals surface area contributed by atoms with Gasteiger partial charge in [-0.2, -0.15) is 4.98 Å². The summed E-state index contributed by atoms with van der Waals surface area (Å²) in [7, 11) is 0. The lowest BCUT2D eigenvalue weighted by molar-refractivity contribution is 0.0713. The first-order valence-electron chi connectivity index (χ1n) is 18.2. The number of thioether (sulfide) groups is 1. The van der Waals surface area contributed by atoms with E-state index in [4.69, 9.17) is 28.8 Å². The molecule has 14 heteroatoms. The minimum absolute atomic E-state index is 0.0164. The number of aromatic nitrogens is 3. The number of aromatic amines is 1. The molecule has 2 aromatic carbocycles. The molecule has 0 bridgehead atoms. The van der Waals surface area contributed by atoms with Crippen molar-refractivity contribution in [2.24, 2.45) is 28.1 Å². The minimum Gasteiger partial charge on any atom is -0.386 e. The van der Waals surface area contributed by atoms with Gasteiger partial charge in [0.15, 0.2) is 5.82 Å². The van der Waals surface area contributed by atoms with Crippen molar-refractivity contribution in [3.8, 4) is 16.9 Å². The van der Waals surface area contributed by atoms with Crippen LogP contribution in [0.2, 0.25) is 5.02 Å². The fourth-order valence-electron chi connectivity index (χ4n) is 7.58. The molecule has 2 aliphatic rings. The Hall–Kier alpha value is -3.36. The molecule has 0 amide bonds. The largest absolute Gasteiger partial charge is 0.386 e. The number of halogens is 4. The van der Waals surface area contributed by atoms with Crippen LogP contribution in [0.15, 0.2) is 51.2 Å². The first kappa shape index (κ1) is 38.4. The molecule has 3 heterocycles. The summed E-state index contributed by atoms with van der Waals surface area (Å²) < 4.78 is 46.5. The van der Waals surface area contributed by atoms with Crippen LogP contribution in [-0.4, -0.2) is 69.9 Å². The molecule has 7 N–H and O–H groups in total. The Bertz CT molecular complexity index is 1960. The van der Waals surface area contributed by atoms with Gasteiger partial charge >= 0.3 is 5.69 Å². The van der Waals surface area contributed by atoms with E-state index in [0.29, 0.717) is 71.3 Å². The molecular weight excluding hydrogens is 709 g/mol. The molecule has 0 spiro atoms. The summed E-state index contributed by atoms with van der Waals surface area (Å²) in [5.41, 5.74) is 19.8. The highest BCUT2D eigenvalue weighted by Crippen LogP contribution is 2.42. The first-order chi connectivity index (χ1) is 25.1. The molecule has 1 saturated heterocycles. The number of hydrogen-bond acceptors (Lipinski definition) is 7. The summed E-state index contributed by atoms with van der Waals surface area (Å²) in [5, 5.41) is 0.564. The lowest BCUT2D eigenvalue weighted by Gasteiger charge is -2.43. The van der Waals surface area contributed by atoms with Gasteiger partial charge in [-0.1, -0.05) is 11.6 Å². The van der Waals surface area contributed by atoms with Crippen molar-refractivity contribution in [1.82, 2.24) is 19.4 Å². The van der Waals surface area contributed by atoms with Crippen molar-refractivity contribution in [2.75, 3.05) is 32.6 Å². The Kier molecular flexibility index (Phi) is 12.7. The van der Waals surface area contributed by atoms with Crippen LogP contribution in [-0.2, 0) is 6.42 Å². The van der Waals surface area contributed by atoms with Crippen molar-refractivity contribution < 1.29 is 13.2 Å². The lowest BCUT2D eigenvalue weighted by atomic mass is 9.88. The van der Waals surface area contributed by atoms with Gasteiger partial charge in [-0.05, 0) is 112 Å². The molecule has 4 aromatic rings. The van der Waals surface area contributed by atoms with Gasteiger partial charge in [0.1, 0.15) is 17.3 Å². The monoisotopic (exact) mass is 756 g/mol. The molecule has 52 heavy (non-hydrogen) atoms. The molecule has 2 aromatic heterocycles. The maximum absolute atomic E-state index is 16.4. The molecule has 0 radical (unpaired) electrons. The molecule has 9 nitrogen and oxygen atoms in total. The highest BCUT2D eigenvalue weighted by Gasteiger charge is 2.34. The molecule has 1 aliphatic carbocycles. The van der Waals surface area contributed by atoms with Crippen molar-refractivity contribution in [1.29, 1.82) is 0 Å². The van der Waals surface area contributed by atoms with E-state index >= 15 is 8.78 Å². The first-order valence-corrected chi connectivity index (χ1v) is 19.8. The van der Waals surface area contributed by atoms with Gasteiger partial charge in [0.2, 0.25) is 0 Å². The minimum atomic E-state index is -0.612. The topological polar surface area (TPSA) is 144 Å². The molecule has 2 fully saturated rings. The number of aryl methyl sites for hydroxylation is 1. The van der Waals surface area contributed by atoms with Crippen molar-refractivity contribution in [3.05, 3.63) is 74.8 Å². The van der Waals surface area contributed by atoms with E-state index < -0.39 is 24.0 Å². The standard InChI is InChI=1S/C38H48ClF3N8OS/c1-52-33-19-26(18-29(41)35(33)32-8-3-6-25(49(32)14-4-12-40)11-13-46-34(45)20-43)50-21-24-17-31(47-37(24)48-38(50)51)27-15-22(16-28(39)36(27)42)5-2-7-30(44)23-9-10-23/h15-19,21,23,25,30,32H,2-14,20,43-44H2,1H3,(H2,45,46)(H,47,48,51)/t25-,30?,32-/m0/s1. The number of benzene rings is 2. The zero-order valence-corrected chi connectivity index (χ0v) is 31.1. The van der Waals surface area contributed by atoms with Gasteiger partial charge in [0.25, 0.3) is 0 Å². The fraction of sp³-hybridized carbons (Fsp3) is 0.500. The Morgan fingerprint density at radius 2 is 1.96 bits per heavy atom. The van der Waals surface area contributed by atoms with Gasteiger partial charge in [-0.15, -0.1) is 11.8 Å². The number of nitrogens with two attached hydrogens (primary N) is 3. The lowest BCUT2D eigenvalue weighted by Crippen LogP contribution is -2.43. The number of rotatable bonds is 16. The summed E-state index contributed by atoms with van der Waals surface area (Å²) in [4.78, 5) is 28.0. The van der Waals surface area contributed by atoms with Crippen LogP contribution in [0.5, 0.6) is 0 Å². The SMILES string of the molecule is CSc1cc(-n2cc3cc(-c4cc(CCCC(N)C5CC5)cc(Cl)c4F)[nH]c3nc2=O)cc(F)c1[C@@H]1CCC[C@@H](CCN=C(N)CN)N1CCCF. The summed E-state index contributed by atoms with van der Waals surface area (Å²) in [6, 6.07) is 8.30. The smallest absolute Gasteiger partial charge is 0.354 e. The van der Waals surface area contributed by atoms with E-state index in [2.05, 4.69) is 19.9 Å². The van der Waals surface area contributed by atoms with Gasteiger partial charge in [-0.3, -0.25) is 18.8 Å². The van der Waals surface area contributed by atoms with Gasteiger partial charge in [0.05, 0.1) is 29.6 Å². The van der Waals surface area contributed by atoms with E-state index in [9.17, 15) is 9.18 Å². The average Bonchev–Trinajstić information content (AvgIpc) is 3.91. The molecule has 1 unspecified atom stereocenters.